The number of fused-ring (bicyclic) bond motifs is 1. The van der Waals surface area contributed by atoms with E-state index in [0.717, 1.165) is 23.8 Å². The zero-order valence-electron chi connectivity index (χ0n) is 8.59. The SMILES string of the molecule is CC(C)C1[C@H]2CCC[C@H]2CN1C. The zero-order chi connectivity index (χ0) is 8.72. The summed E-state index contributed by atoms with van der Waals surface area (Å²) >= 11 is 0. The van der Waals surface area contributed by atoms with Gasteiger partial charge >= 0.3 is 0 Å². The van der Waals surface area contributed by atoms with Gasteiger partial charge in [0.2, 0.25) is 0 Å². The molecule has 3 atom stereocenters. The molecule has 0 N–H and O–H groups in total. The molecule has 1 unspecified atom stereocenters. The molecule has 0 aromatic rings. The van der Waals surface area contributed by atoms with Crippen LogP contribution in [-0.4, -0.2) is 24.5 Å². The molecule has 2 rings (SSSR count). The van der Waals surface area contributed by atoms with Gasteiger partial charge in [-0.25, -0.2) is 0 Å². The van der Waals surface area contributed by atoms with Crippen LogP contribution in [0, 0.1) is 17.8 Å². The lowest BCUT2D eigenvalue weighted by atomic mass is 9.87. The Morgan fingerprint density at radius 3 is 2.67 bits per heavy atom. The molecular formula is C11H21N. The molecule has 1 aliphatic heterocycles. The van der Waals surface area contributed by atoms with Crippen molar-refractivity contribution in [1.29, 1.82) is 0 Å². The van der Waals surface area contributed by atoms with Crippen molar-refractivity contribution in [3.63, 3.8) is 0 Å². The second-order valence-electron chi connectivity index (χ2n) is 5.03. The van der Waals surface area contributed by atoms with Crippen LogP contribution in [0.4, 0.5) is 0 Å². The first-order valence-corrected chi connectivity index (χ1v) is 5.40. The second-order valence-corrected chi connectivity index (χ2v) is 5.03. The maximum absolute atomic E-state index is 2.60. The fraction of sp³-hybridized carbons (Fsp3) is 1.00. The molecule has 0 bridgehead atoms. The summed E-state index contributed by atoms with van der Waals surface area (Å²) in [5, 5.41) is 0. The molecule has 0 aromatic carbocycles. The molecule has 1 aliphatic carbocycles. The summed E-state index contributed by atoms with van der Waals surface area (Å²) in [6.07, 6.45) is 4.49. The highest BCUT2D eigenvalue weighted by atomic mass is 15.2. The molecule has 2 aliphatic rings. The van der Waals surface area contributed by atoms with Gasteiger partial charge in [-0.3, -0.25) is 0 Å². The summed E-state index contributed by atoms with van der Waals surface area (Å²) in [6.45, 7) is 6.12. The van der Waals surface area contributed by atoms with Gasteiger partial charge in [-0.15, -0.1) is 0 Å². The second kappa shape index (κ2) is 3.02. The minimum Gasteiger partial charge on any atom is -0.303 e. The number of hydrogen-bond acceptors (Lipinski definition) is 1. The van der Waals surface area contributed by atoms with E-state index in [1.54, 1.807) is 0 Å². The van der Waals surface area contributed by atoms with Crippen LogP contribution in [0.2, 0.25) is 0 Å². The molecule has 1 saturated carbocycles. The maximum atomic E-state index is 2.60. The van der Waals surface area contributed by atoms with E-state index in [2.05, 4.69) is 25.8 Å². The molecule has 1 heterocycles. The third-order valence-corrected chi connectivity index (χ3v) is 3.87. The smallest absolute Gasteiger partial charge is 0.0147 e. The molecule has 2 fully saturated rings. The molecule has 12 heavy (non-hydrogen) atoms. The van der Waals surface area contributed by atoms with Gasteiger partial charge in [0, 0.05) is 12.6 Å². The largest absolute Gasteiger partial charge is 0.303 e. The summed E-state index contributed by atoms with van der Waals surface area (Å²) in [7, 11) is 2.31. The van der Waals surface area contributed by atoms with Gasteiger partial charge in [0.1, 0.15) is 0 Å². The number of rotatable bonds is 1. The quantitative estimate of drug-likeness (QED) is 0.579. The van der Waals surface area contributed by atoms with Crippen molar-refractivity contribution >= 4 is 0 Å². The van der Waals surface area contributed by atoms with E-state index in [9.17, 15) is 0 Å². The Morgan fingerprint density at radius 1 is 1.25 bits per heavy atom. The van der Waals surface area contributed by atoms with Gasteiger partial charge in [0.15, 0.2) is 0 Å². The van der Waals surface area contributed by atoms with Crippen LogP contribution in [0.5, 0.6) is 0 Å². The average Bonchev–Trinajstić information content (AvgIpc) is 2.44. The van der Waals surface area contributed by atoms with Crippen molar-refractivity contribution in [3.8, 4) is 0 Å². The van der Waals surface area contributed by atoms with E-state index in [1.807, 2.05) is 0 Å². The van der Waals surface area contributed by atoms with Crippen molar-refractivity contribution in [2.24, 2.45) is 17.8 Å². The predicted molar refractivity (Wildman–Crippen MR) is 52.1 cm³/mol. The van der Waals surface area contributed by atoms with E-state index in [-0.39, 0.29) is 0 Å². The Morgan fingerprint density at radius 2 is 2.00 bits per heavy atom. The van der Waals surface area contributed by atoms with E-state index in [0.29, 0.717) is 0 Å². The standard InChI is InChI=1S/C11H21N/c1-8(2)11-10-6-4-5-9(10)7-12(11)3/h8-11H,4-7H2,1-3H3/t9-,10-,11?/m0/s1. The summed E-state index contributed by atoms with van der Waals surface area (Å²) in [5.74, 6) is 2.93. The third-order valence-electron chi connectivity index (χ3n) is 3.87. The Labute approximate surface area is 76.1 Å². The van der Waals surface area contributed by atoms with Crippen LogP contribution in [0.3, 0.4) is 0 Å². The number of nitrogens with zero attached hydrogens (tertiary/aromatic N) is 1. The molecule has 0 radical (unpaired) electrons. The summed E-state index contributed by atoms with van der Waals surface area (Å²) in [6, 6.07) is 0.887. The molecule has 0 spiro atoms. The molecule has 0 aromatic heterocycles. The lowest BCUT2D eigenvalue weighted by Crippen LogP contribution is -2.33. The summed E-state index contributed by atoms with van der Waals surface area (Å²) in [5.41, 5.74) is 0. The first kappa shape index (κ1) is 8.55. The van der Waals surface area contributed by atoms with Crippen molar-refractivity contribution in [3.05, 3.63) is 0 Å². The predicted octanol–water partition coefficient (Wildman–Crippen LogP) is 2.37. The number of hydrogen-bond donors (Lipinski definition) is 0. The normalized spacial score (nSPS) is 42.5. The molecule has 70 valence electrons. The molecule has 0 amide bonds. The van der Waals surface area contributed by atoms with Crippen molar-refractivity contribution < 1.29 is 0 Å². The van der Waals surface area contributed by atoms with Crippen LogP contribution >= 0.6 is 0 Å². The first-order valence-electron chi connectivity index (χ1n) is 5.40. The Bertz CT molecular complexity index is 164. The highest BCUT2D eigenvalue weighted by Crippen LogP contribution is 2.43. The van der Waals surface area contributed by atoms with Crippen molar-refractivity contribution in [1.82, 2.24) is 4.90 Å². The van der Waals surface area contributed by atoms with E-state index in [4.69, 9.17) is 0 Å². The van der Waals surface area contributed by atoms with Crippen LogP contribution in [0.15, 0.2) is 0 Å². The van der Waals surface area contributed by atoms with Gasteiger partial charge < -0.3 is 4.90 Å². The molecular weight excluding hydrogens is 146 g/mol. The van der Waals surface area contributed by atoms with E-state index < -0.39 is 0 Å². The molecule has 1 nitrogen and oxygen atoms in total. The van der Waals surface area contributed by atoms with Crippen LogP contribution < -0.4 is 0 Å². The average molecular weight is 167 g/mol. The number of likely N-dealkylation sites (tertiary alicyclic amines) is 1. The van der Waals surface area contributed by atoms with Crippen LogP contribution in [-0.2, 0) is 0 Å². The highest BCUT2D eigenvalue weighted by molar-refractivity contribution is 4.96. The van der Waals surface area contributed by atoms with Gasteiger partial charge in [-0.05, 0) is 37.6 Å². The summed E-state index contributed by atoms with van der Waals surface area (Å²) in [4.78, 5) is 2.60. The fourth-order valence-corrected chi connectivity index (χ4v) is 3.56. The van der Waals surface area contributed by atoms with Crippen LogP contribution in [0.25, 0.3) is 0 Å². The Kier molecular flexibility index (Phi) is 2.16. The van der Waals surface area contributed by atoms with Gasteiger partial charge in [0.05, 0.1) is 0 Å². The third kappa shape index (κ3) is 1.19. The zero-order valence-corrected chi connectivity index (χ0v) is 8.59. The van der Waals surface area contributed by atoms with Gasteiger partial charge in [0.25, 0.3) is 0 Å². The van der Waals surface area contributed by atoms with Crippen molar-refractivity contribution in [2.45, 2.75) is 39.2 Å². The first-order chi connectivity index (χ1) is 5.70. The van der Waals surface area contributed by atoms with Crippen molar-refractivity contribution in [2.75, 3.05) is 13.6 Å². The fourth-order valence-electron chi connectivity index (χ4n) is 3.56. The van der Waals surface area contributed by atoms with Gasteiger partial charge in [-0.2, -0.15) is 0 Å². The topological polar surface area (TPSA) is 3.24 Å². The molecule has 1 saturated heterocycles. The monoisotopic (exact) mass is 167 g/mol. The van der Waals surface area contributed by atoms with Gasteiger partial charge in [-0.1, -0.05) is 20.3 Å². The minimum absolute atomic E-state index is 0.850. The lowest BCUT2D eigenvalue weighted by Gasteiger charge is -2.27. The lowest BCUT2D eigenvalue weighted by molar-refractivity contribution is 0.207. The van der Waals surface area contributed by atoms with E-state index >= 15 is 0 Å². The Hall–Kier alpha value is -0.0400. The minimum atomic E-state index is 0.850. The highest BCUT2D eigenvalue weighted by Gasteiger charge is 2.43. The van der Waals surface area contributed by atoms with E-state index in [1.165, 1.54) is 25.8 Å². The van der Waals surface area contributed by atoms with Crippen LogP contribution in [0.1, 0.15) is 33.1 Å². The Balaban J connectivity index is 2.10. The molecule has 1 heteroatoms. The maximum Gasteiger partial charge on any atom is 0.0147 e. The summed E-state index contributed by atoms with van der Waals surface area (Å²) < 4.78 is 0.